The molecule has 0 spiro atoms. The summed E-state index contributed by atoms with van der Waals surface area (Å²) in [7, 11) is 0. The monoisotopic (exact) mass is 241 g/mol. The lowest BCUT2D eigenvalue weighted by atomic mass is 10.1. The fourth-order valence-corrected chi connectivity index (χ4v) is 1.74. The highest BCUT2D eigenvalue weighted by molar-refractivity contribution is 6.04. The molecule has 18 heavy (non-hydrogen) atoms. The van der Waals surface area contributed by atoms with Gasteiger partial charge in [-0.2, -0.15) is 0 Å². The molecule has 4 heteroatoms. The molecule has 0 radical (unpaired) electrons. The van der Waals surface area contributed by atoms with Crippen LogP contribution < -0.4 is 11.1 Å². The standard InChI is InChI=1S/C14H15N3O/c1-9-6-11(8-12(15)7-9)14(18)17-13-10(2)4-3-5-16-13/h3-8H,15H2,1-2H3,(H,16,17,18). The first-order valence-electron chi connectivity index (χ1n) is 5.66. The SMILES string of the molecule is Cc1cc(N)cc(C(=O)Nc2ncccc2C)c1. The molecule has 2 aromatic rings. The lowest BCUT2D eigenvalue weighted by Gasteiger charge is -2.08. The third kappa shape index (κ3) is 2.66. The Hall–Kier alpha value is -2.36. The van der Waals surface area contributed by atoms with Gasteiger partial charge in [-0.05, 0) is 49.2 Å². The van der Waals surface area contributed by atoms with E-state index in [1.165, 1.54) is 0 Å². The fourth-order valence-electron chi connectivity index (χ4n) is 1.74. The van der Waals surface area contributed by atoms with E-state index in [0.29, 0.717) is 17.1 Å². The largest absolute Gasteiger partial charge is 0.399 e. The fraction of sp³-hybridized carbons (Fsp3) is 0.143. The second-order valence-corrected chi connectivity index (χ2v) is 4.26. The number of hydrogen-bond acceptors (Lipinski definition) is 3. The molecule has 1 heterocycles. The zero-order chi connectivity index (χ0) is 13.1. The van der Waals surface area contributed by atoms with E-state index in [2.05, 4.69) is 10.3 Å². The van der Waals surface area contributed by atoms with Gasteiger partial charge in [-0.15, -0.1) is 0 Å². The summed E-state index contributed by atoms with van der Waals surface area (Å²) < 4.78 is 0. The number of nitrogen functional groups attached to an aromatic ring is 1. The number of anilines is 2. The Morgan fingerprint density at radius 1 is 1.28 bits per heavy atom. The van der Waals surface area contributed by atoms with Gasteiger partial charge < -0.3 is 11.1 Å². The van der Waals surface area contributed by atoms with Crippen LogP contribution in [0.4, 0.5) is 11.5 Å². The smallest absolute Gasteiger partial charge is 0.256 e. The van der Waals surface area contributed by atoms with Crippen molar-refractivity contribution >= 4 is 17.4 Å². The molecular weight excluding hydrogens is 226 g/mol. The molecule has 0 saturated heterocycles. The van der Waals surface area contributed by atoms with E-state index >= 15 is 0 Å². The Morgan fingerprint density at radius 3 is 2.72 bits per heavy atom. The maximum atomic E-state index is 12.1. The first-order valence-corrected chi connectivity index (χ1v) is 5.66. The highest BCUT2D eigenvalue weighted by Crippen LogP contribution is 2.14. The number of benzene rings is 1. The van der Waals surface area contributed by atoms with Crippen LogP contribution in [0.3, 0.4) is 0 Å². The van der Waals surface area contributed by atoms with Crippen molar-refractivity contribution in [1.29, 1.82) is 0 Å². The molecule has 0 fully saturated rings. The average Bonchev–Trinajstić information content (AvgIpc) is 2.31. The minimum atomic E-state index is -0.202. The lowest BCUT2D eigenvalue weighted by Crippen LogP contribution is -2.14. The van der Waals surface area contributed by atoms with Gasteiger partial charge in [-0.25, -0.2) is 4.98 Å². The van der Waals surface area contributed by atoms with Gasteiger partial charge in [0.15, 0.2) is 0 Å². The van der Waals surface area contributed by atoms with Crippen molar-refractivity contribution in [2.24, 2.45) is 0 Å². The van der Waals surface area contributed by atoms with Crippen molar-refractivity contribution in [3.05, 3.63) is 53.2 Å². The van der Waals surface area contributed by atoms with Crippen molar-refractivity contribution in [3.8, 4) is 0 Å². The normalized spacial score (nSPS) is 10.1. The molecule has 0 atom stereocenters. The summed E-state index contributed by atoms with van der Waals surface area (Å²) in [5, 5.41) is 2.78. The van der Waals surface area contributed by atoms with Gasteiger partial charge in [-0.1, -0.05) is 6.07 Å². The summed E-state index contributed by atoms with van der Waals surface area (Å²) in [5.74, 6) is 0.370. The van der Waals surface area contributed by atoms with Gasteiger partial charge >= 0.3 is 0 Å². The molecule has 92 valence electrons. The van der Waals surface area contributed by atoms with Crippen LogP contribution in [-0.4, -0.2) is 10.9 Å². The third-order valence-corrected chi connectivity index (χ3v) is 2.60. The Labute approximate surface area is 106 Å². The summed E-state index contributed by atoms with van der Waals surface area (Å²) in [5.41, 5.74) is 8.72. The van der Waals surface area contributed by atoms with Gasteiger partial charge in [0.25, 0.3) is 5.91 Å². The molecule has 3 N–H and O–H groups in total. The predicted molar refractivity (Wildman–Crippen MR) is 72.5 cm³/mol. The van der Waals surface area contributed by atoms with Gasteiger partial charge in [0.05, 0.1) is 0 Å². The Balaban J connectivity index is 2.25. The van der Waals surface area contributed by atoms with Crippen LogP contribution in [0.5, 0.6) is 0 Å². The lowest BCUT2D eigenvalue weighted by molar-refractivity contribution is 0.102. The molecule has 0 unspecified atom stereocenters. The molecule has 1 aromatic heterocycles. The Kier molecular flexibility index (Phi) is 3.28. The third-order valence-electron chi connectivity index (χ3n) is 2.60. The Bertz CT molecular complexity index is 573. The number of pyridine rings is 1. The van der Waals surface area contributed by atoms with Crippen LogP contribution in [0.15, 0.2) is 36.5 Å². The van der Waals surface area contributed by atoms with Crippen LogP contribution in [0.2, 0.25) is 0 Å². The first-order chi connectivity index (χ1) is 8.56. The van der Waals surface area contributed by atoms with Crippen LogP contribution in [0.1, 0.15) is 21.5 Å². The van der Waals surface area contributed by atoms with Gasteiger partial charge in [0.1, 0.15) is 5.82 Å². The molecule has 0 aliphatic heterocycles. The minimum Gasteiger partial charge on any atom is -0.399 e. The minimum absolute atomic E-state index is 0.202. The van der Waals surface area contributed by atoms with E-state index in [1.54, 1.807) is 18.3 Å². The van der Waals surface area contributed by atoms with E-state index in [9.17, 15) is 4.79 Å². The highest BCUT2D eigenvalue weighted by atomic mass is 16.1. The number of carbonyl (C=O) groups is 1. The Morgan fingerprint density at radius 2 is 2.06 bits per heavy atom. The number of aromatic nitrogens is 1. The van der Waals surface area contributed by atoms with Gasteiger partial charge in [-0.3, -0.25) is 4.79 Å². The maximum absolute atomic E-state index is 12.1. The van der Waals surface area contributed by atoms with Crippen molar-refractivity contribution in [2.45, 2.75) is 13.8 Å². The van der Waals surface area contributed by atoms with E-state index in [4.69, 9.17) is 5.73 Å². The second kappa shape index (κ2) is 4.87. The van der Waals surface area contributed by atoms with Crippen molar-refractivity contribution in [1.82, 2.24) is 4.98 Å². The number of nitrogens with two attached hydrogens (primary N) is 1. The summed E-state index contributed by atoms with van der Waals surface area (Å²) >= 11 is 0. The summed E-state index contributed by atoms with van der Waals surface area (Å²) in [4.78, 5) is 16.2. The van der Waals surface area contributed by atoms with E-state index < -0.39 is 0 Å². The summed E-state index contributed by atoms with van der Waals surface area (Å²) in [6.45, 7) is 3.80. The molecule has 0 aliphatic carbocycles. The van der Waals surface area contributed by atoms with Gasteiger partial charge in [0.2, 0.25) is 0 Å². The maximum Gasteiger partial charge on any atom is 0.256 e. The number of rotatable bonds is 2. The van der Waals surface area contributed by atoms with Crippen LogP contribution in [-0.2, 0) is 0 Å². The topological polar surface area (TPSA) is 68.0 Å². The summed E-state index contributed by atoms with van der Waals surface area (Å²) in [6.07, 6.45) is 1.65. The first kappa shape index (κ1) is 12.1. The molecule has 1 amide bonds. The quantitative estimate of drug-likeness (QED) is 0.794. The van der Waals surface area contributed by atoms with E-state index in [-0.39, 0.29) is 5.91 Å². The molecule has 2 rings (SSSR count). The molecule has 0 saturated carbocycles. The summed E-state index contributed by atoms with van der Waals surface area (Å²) in [6, 6.07) is 9.00. The average molecular weight is 241 g/mol. The number of nitrogens with zero attached hydrogens (tertiary/aromatic N) is 1. The zero-order valence-electron chi connectivity index (χ0n) is 10.4. The second-order valence-electron chi connectivity index (χ2n) is 4.26. The van der Waals surface area contributed by atoms with Gasteiger partial charge in [0, 0.05) is 17.4 Å². The van der Waals surface area contributed by atoms with Crippen LogP contribution in [0, 0.1) is 13.8 Å². The zero-order valence-corrected chi connectivity index (χ0v) is 10.4. The number of amides is 1. The number of nitrogens with one attached hydrogen (secondary N) is 1. The number of hydrogen-bond donors (Lipinski definition) is 2. The predicted octanol–water partition coefficient (Wildman–Crippen LogP) is 2.53. The number of carbonyl (C=O) groups excluding carboxylic acids is 1. The van der Waals surface area contributed by atoms with Crippen LogP contribution >= 0.6 is 0 Å². The molecule has 0 bridgehead atoms. The van der Waals surface area contributed by atoms with Crippen LogP contribution in [0.25, 0.3) is 0 Å². The molecular formula is C14H15N3O. The molecule has 1 aromatic carbocycles. The molecule has 4 nitrogen and oxygen atoms in total. The number of aryl methyl sites for hydroxylation is 2. The van der Waals surface area contributed by atoms with Crippen molar-refractivity contribution in [2.75, 3.05) is 11.1 Å². The van der Waals surface area contributed by atoms with E-state index in [1.807, 2.05) is 32.0 Å². The molecule has 0 aliphatic rings. The van der Waals surface area contributed by atoms with E-state index in [0.717, 1.165) is 11.1 Å². The van der Waals surface area contributed by atoms with Crippen molar-refractivity contribution in [3.63, 3.8) is 0 Å². The highest BCUT2D eigenvalue weighted by Gasteiger charge is 2.09. The van der Waals surface area contributed by atoms with Crippen molar-refractivity contribution < 1.29 is 4.79 Å².